The second-order valence-electron chi connectivity index (χ2n) is 4.83. The van der Waals surface area contributed by atoms with E-state index in [4.69, 9.17) is 9.84 Å². The van der Waals surface area contributed by atoms with Crippen LogP contribution >= 0.6 is 0 Å². The summed E-state index contributed by atoms with van der Waals surface area (Å²) in [7, 11) is 0. The van der Waals surface area contributed by atoms with Crippen molar-refractivity contribution in [3.05, 3.63) is 0 Å². The molecule has 7 heteroatoms. The first-order valence-corrected chi connectivity index (χ1v) is 5.91. The fourth-order valence-electron chi connectivity index (χ4n) is 1.79. The summed E-state index contributed by atoms with van der Waals surface area (Å²) in [6.07, 6.45) is 0.190. The van der Waals surface area contributed by atoms with Crippen molar-refractivity contribution in [1.29, 1.82) is 0 Å². The highest BCUT2D eigenvalue weighted by atomic mass is 16.5. The molecule has 0 saturated carbocycles. The van der Waals surface area contributed by atoms with Crippen molar-refractivity contribution in [2.75, 3.05) is 13.2 Å². The number of carboxylic acid groups (broad SMARTS) is 1. The van der Waals surface area contributed by atoms with E-state index in [1.807, 2.05) is 6.92 Å². The van der Waals surface area contributed by atoms with E-state index in [2.05, 4.69) is 10.6 Å². The molecule has 1 aliphatic rings. The van der Waals surface area contributed by atoms with Crippen molar-refractivity contribution in [2.45, 2.75) is 44.4 Å². The molecule has 0 aromatic carbocycles. The lowest BCUT2D eigenvalue weighted by atomic mass is 9.93. The molecule has 0 aromatic heterocycles. The number of aliphatic hydroxyl groups excluding tert-OH is 1. The van der Waals surface area contributed by atoms with Gasteiger partial charge in [0.25, 0.3) is 0 Å². The highest BCUT2D eigenvalue weighted by Crippen LogP contribution is 2.19. The minimum atomic E-state index is -1.31. The lowest BCUT2D eigenvalue weighted by Crippen LogP contribution is -2.57. The summed E-state index contributed by atoms with van der Waals surface area (Å²) >= 11 is 0. The fourth-order valence-corrected chi connectivity index (χ4v) is 1.79. The highest BCUT2D eigenvalue weighted by Gasteiger charge is 2.31. The largest absolute Gasteiger partial charge is 0.480 e. The molecule has 0 bridgehead atoms. The predicted molar refractivity (Wildman–Crippen MR) is 63.2 cm³/mol. The first kappa shape index (κ1) is 14.7. The molecule has 2 amide bonds. The Morgan fingerprint density at radius 1 is 1.33 bits per heavy atom. The predicted octanol–water partition coefficient (Wildman–Crippen LogP) is -0.311. The molecule has 1 aliphatic heterocycles. The summed E-state index contributed by atoms with van der Waals surface area (Å²) in [5.41, 5.74) is -0.399. The normalized spacial score (nSPS) is 21.7. The Bertz CT molecular complexity index is 313. The van der Waals surface area contributed by atoms with Crippen molar-refractivity contribution in [1.82, 2.24) is 10.6 Å². The maximum atomic E-state index is 11.7. The number of carbonyl (C=O) groups is 2. The van der Waals surface area contributed by atoms with Crippen LogP contribution in [0.3, 0.4) is 0 Å². The van der Waals surface area contributed by atoms with Gasteiger partial charge in [-0.15, -0.1) is 0 Å². The van der Waals surface area contributed by atoms with Gasteiger partial charge in [-0.2, -0.15) is 0 Å². The van der Waals surface area contributed by atoms with Crippen LogP contribution in [0, 0.1) is 0 Å². The number of carbonyl (C=O) groups excluding carboxylic acids is 1. The van der Waals surface area contributed by atoms with Crippen LogP contribution in [0.15, 0.2) is 0 Å². The fraction of sp³-hybridized carbons (Fsp3) is 0.818. The number of carboxylic acids is 1. The van der Waals surface area contributed by atoms with E-state index in [-0.39, 0.29) is 0 Å². The minimum absolute atomic E-state index is 0.399. The van der Waals surface area contributed by atoms with Gasteiger partial charge >= 0.3 is 12.0 Å². The number of nitrogens with one attached hydrogen (secondary N) is 2. The Balaban J connectivity index is 2.52. The third-order valence-corrected chi connectivity index (χ3v) is 3.05. The van der Waals surface area contributed by atoms with Gasteiger partial charge in [-0.25, -0.2) is 9.59 Å². The Morgan fingerprint density at radius 3 is 2.33 bits per heavy atom. The molecular formula is C11H20N2O5. The molecule has 0 spiro atoms. The molecule has 0 aromatic rings. The Kier molecular flexibility index (Phi) is 4.92. The Hall–Kier alpha value is -1.34. The molecule has 1 heterocycles. The van der Waals surface area contributed by atoms with Crippen LogP contribution in [-0.2, 0) is 9.53 Å². The highest BCUT2D eigenvalue weighted by molar-refractivity contribution is 5.83. The lowest BCUT2D eigenvalue weighted by molar-refractivity contribution is -0.141. The summed E-state index contributed by atoms with van der Waals surface area (Å²) in [5, 5.41) is 23.1. The third kappa shape index (κ3) is 4.15. The molecule has 4 N–H and O–H groups in total. The average molecular weight is 260 g/mol. The van der Waals surface area contributed by atoms with Gasteiger partial charge in [-0.3, -0.25) is 0 Å². The molecule has 0 unspecified atom stereocenters. The molecule has 2 atom stereocenters. The van der Waals surface area contributed by atoms with E-state index in [0.29, 0.717) is 26.1 Å². The van der Waals surface area contributed by atoms with E-state index >= 15 is 0 Å². The van der Waals surface area contributed by atoms with Gasteiger partial charge in [0, 0.05) is 18.8 Å². The second kappa shape index (κ2) is 6.01. The second-order valence-corrected chi connectivity index (χ2v) is 4.83. The number of aliphatic hydroxyl groups is 1. The van der Waals surface area contributed by atoms with Crippen LogP contribution < -0.4 is 10.6 Å². The van der Waals surface area contributed by atoms with Gasteiger partial charge in [0.1, 0.15) is 0 Å². The van der Waals surface area contributed by atoms with Crippen LogP contribution in [0.4, 0.5) is 4.79 Å². The Morgan fingerprint density at radius 2 is 1.89 bits per heavy atom. The van der Waals surface area contributed by atoms with Gasteiger partial charge in [-0.1, -0.05) is 0 Å². The van der Waals surface area contributed by atoms with Gasteiger partial charge in [0.2, 0.25) is 0 Å². The molecular weight excluding hydrogens is 240 g/mol. The van der Waals surface area contributed by atoms with Crippen molar-refractivity contribution < 1.29 is 24.5 Å². The first-order chi connectivity index (χ1) is 8.34. The molecule has 1 saturated heterocycles. The van der Waals surface area contributed by atoms with Crippen LogP contribution in [0.2, 0.25) is 0 Å². The van der Waals surface area contributed by atoms with Gasteiger partial charge in [0.15, 0.2) is 6.04 Å². The first-order valence-electron chi connectivity index (χ1n) is 5.91. The molecule has 104 valence electrons. The van der Waals surface area contributed by atoms with E-state index in [0.717, 1.165) is 0 Å². The van der Waals surface area contributed by atoms with Crippen LogP contribution in [0.25, 0.3) is 0 Å². The van der Waals surface area contributed by atoms with Gasteiger partial charge < -0.3 is 25.6 Å². The number of hydrogen-bond donors (Lipinski definition) is 4. The van der Waals surface area contributed by atoms with E-state index in [1.54, 1.807) is 0 Å². The lowest BCUT2D eigenvalue weighted by Gasteiger charge is -2.34. The average Bonchev–Trinajstić information content (AvgIpc) is 2.25. The van der Waals surface area contributed by atoms with E-state index in [1.165, 1.54) is 6.92 Å². The van der Waals surface area contributed by atoms with Crippen LogP contribution in [-0.4, -0.2) is 53.1 Å². The molecule has 1 rings (SSSR count). The van der Waals surface area contributed by atoms with Crippen LogP contribution in [0.1, 0.15) is 26.7 Å². The minimum Gasteiger partial charge on any atom is -0.480 e. The SMILES string of the molecule is C[C@@H](O)[C@H](NC(=O)NC1(C)CCOCC1)C(=O)O. The van der Waals surface area contributed by atoms with E-state index in [9.17, 15) is 14.7 Å². The zero-order chi connectivity index (χ0) is 13.8. The zero-order valence-electron chi connectivity index (χ0n) is 10.6. The molecule has 18 heavy (non-hydrogen) atoms. The summed E-state index contributed by atoms with van der Waals surface area (Å²) in [4.78, 5) is 22.5. The van der Waals surface area contributed by atoms with Crippen LogP contribution in [0.5, 0.6) is 0 Å². The van der Waals surface area contributed by atoms with Crippen molar-refractivity contribution in [3.63, 3.8) is 0 Å². The Labute approximate surface area is 106 Å². The maximum absolute atomic E-state index is 11.7. The zero-order valence-corrected chi connectivity index (χ0v) is 10.6. The van der Waals surface area contributed by atoms with Crippen molar-refractivity contribution >= 4 is 12.0 Å². The van der Waals surface area contributed by atoms with Crippen molar-refractivity contribution in [3.8, 4) is 0 Å². The topological polar surface area (TPSA) is 108 Å². The number of urea groups is 1. The monoisotopic (exact) mass is 260 g/mol. The molecule has 0 aliphatic carbocycles. The standard InChI is InChI=1S/C11H20N2O5/c1-7(14)8(9(15)16)12-10(17)13-11(2)3-5-18-6-4-11/h7-8,14H,3-6H2,1-2H3,(H,15,16)(H2,12,13,17)/t7-,8+/m1/s1. The van der Waals surface area contributed by atoms with Gasteiger partial charge in [-0.05, 0) is 26.7 Å². The van der Waals surface area contributed by atoms with Crippen molar-refractivity contribution in [2.24, 2.45) is 0 Å². The quantitative estimate of drug-likeness (QED) is 0.554. The number of amides is 2. The number of hydrogen-bond acceptors (Lipinski definition) is 4. The number of ether oxygens (including phenoxy) is 1. The summed E-state index contributed by atoms with van der Waals surface area (Å²) in [6, 6.07) is -1.90. The van der Waals surface area contributed by atoms with Gasteiger partial charge in [0.05, 0.1) is 6.10 Å². The smallest absolute Gasteiger partial charge is 0.328 e. The summed E-state index contributed by atoms with van der Waals surface area (Å²) < 4.78 is 5.20. The number of aliphatic carboxylic acids is 1. The third-order valence-electron chi connectivity index (χ3n) is 3.05. The molecule has 0 radical (unpaired) electrons. The molecule has 7 nitrogen and oxygen atoms in total. The van der Waals surface area contributed by atoms with E-state index < -0.39 is 29.7 Å². The number of rotatable bonds is 4. The summed E-state index contributed by atoms with van der Waals surface area (Å²) in [5.74, 6) is -1.27. The summed E-state index contributed by atoms with van der Waals surface area (Å²) in [6.45, 7) is 4.33. The molecule has 1 fully saturated rings. The maximum Gasteiger partial charge on any atom is 0.328 e.